The maximum absolute atomic E-state index is 13.5. The molecule has 2 aromatic rings. The van der Waals surface area contributed by atoms with Crippen molar-refractivity contribution in [2.45, 2.75) is 18.9 Å². The van der Waals surface area contributed by atoms with Crippen LogP contribution in [0.3, 0.4) is 0 Å². The van der Waals surface area contributed by atoms with E-state index in [0.717, 1.165) is 11.9 Å². The van der Waals surface area contributed by atoms with Crippen molar-refractivity contribution in [3.05, 3.63) is 53.6 Å². The van der Waals surface area contributed by atoms with Crippen LogP contribution in [0, 0.1) is 11.6 Å². The summed E-state index contributed by atoms with van der Waals surface area (Å²) in [6, 6.07) is 3.72. The van der Waals surface area contributed by atoms with Gasteiger partial charge in [0.2, 0.25) is 0 Å². The van der Waals surface area contributed by atoms with E-state index in [0.29, 0.717) is 18.4 Å². The molecule has 0 bridgehead atoms. The van der Waals surface area contributed by atoms with Gasteiger partial charge in [-0.25, -0.2) is 13.8 Å². The summed E-state index contributed by atoms with van der Waals surface area (Å²) in [5, 5.41) is 3.11. The molecule has 18 heavy (non-hydrogen) atoms. The third-order valence-corrected chi connectivity index (χ3v) is 2.88. The number of likely N-dealkylation sites (N-methyl/N-ethyl adjacent to an activating group) is 1. The van der Waals surface area contributed by atoms with Gasteiger partial charge >= 0.3 is 0 Å². The van der Waals surface area contributed by atoms with Crippen LogP contribution in [0.1, 0.15) is 11.4 Å². The van der Waals surface area contributed by atoms with E-state index in [1.807, 2.05) is 7.05 Å². The van der Waals surface area contributed by atoms with E-state index in [1.165, 1.54) is 12.1 Å². The van der Waals surface area contributed by atoms with Gasteiger partial charge < -0.3 is 10.3 Å². The van der Waals surface area contributed by atoms with E-state index in [1.54, 1.807) is 12.4 Å². The molecule has 0 spiro atoms. The highest BCUT2D eigenvalue weighted by Gasteiger charge is 2.13. The van der Waals surface area contributed by atoms with Crippen molar-refractivity contribution in [3.8, 4) is 0 Å². The number of halogens is 2. The van der Waals surface area contributed by atoms with E-state index in [-0.39, 0.29) is 6.04 Å². The Morgan fingerprint density at radius 2 is 2.17 bits per heavy atom. The zero-order valence-electron chi connectivity index (χ0n) is 10.1. The lowest BCUT2D eigenvalue weighted by molar-refractivity contribution is 0.517. The quantitative estimate of drug-likeness (QED) is 0.854. The predicted octanol–water partition coefficient (Wildman–Crippen LogP) is 2.06. The molecule has 5 heteroatoms. The molecule has 0 saturated carbocycles. The number of nitrogens with zero attached hydrogens (tertiary/aromatic N) is 1. The normalized spacial score (nSPS) is 12.6. The van der Waals surface area contributed by atoms with Crippen molar-refractivity contribution < 1.29 is 8.78 Å². The Balaban J connectivity index is 2.05. The maximum Gasteiger partial charge on any atom is 0.129 e. The molecule has 3 nitrogen and oxygen atoms in total. The summed E-state index contributed by atoms with van der Waals surface area (Å²) >= 11 is 0. The molecule has 0 saturated heterocycles. The highest BCUT2D eigenvalue weighted by molar-refractivity contribution is 5.20. The number of nitrogens with one attached hydrogen (secondary N) is 2. The number of rotatable bonds is 5. The fourth-order valence-corrected chi connectivity index (χ4v) is 1.87. The standard InChI is InChI=1S/C13H15F2N3/c1-16-11(8-13-17-4-5-18-13)6-9-2-3-10(14)7-12(9)15/h2-5,7,11,16H,6,8H2,1H3,(H,17,18). The first kappa shape index (κ1) is 12.7. The van der Waals surface area contributed by atoms with Gasteiger partial charge in [0.1, 0.15) is 17.5 Å². The minimum atomic E-state index is -0.553. The molecule has 2 N–H and O–H groups in total. The van der Waals surface area contributed by atoms with Crippen LogP contribution in [-0.2, 0) is 12.8 Å². The first-order valence-corrected chi connectivity index (χ1v) is 5.78. The third kappa shape index (κ3) is 3.13. The molecule has 1 heterocycles. The van der Waals surface area contributed by atoms with Crippen LogP contribution in [0.4, 0.5) is 8.78 Å². The number of hydrogen-bond acceptors (Lipinski definition) is 2. The van der Waals surface area contributed by atoms with Crippen LogP contribution < -0.4 is 5.32 Å². The molecule has 0 aliphatic rings. The fraction of sp³-hybridized carbons (Fsp3) is 0.308. The minimum absolute atomic E-state index is 0.0520. The summed E-state index contributed by atoms with van der Waals surface area (Å²) in [4.78, 5) is 7.14. The summed E-state index contributed by atoms with van der Waals surface area (Å²) in [5.41, 5.74) is 0.502. The van der Waals surface area contributed by atoms with Crippen LogP contribution in [0.15, 0.2) is 30.6 Å². The molecule has 0 amide bonds. The van der Waals surface area contributed by atoms with Crippen molar-refractivity contribution >= 4 is 0 Å². The maximum atomic E-state index is 13.5. The van der Waals surface area contributed by atoms with Gasteiger partial charge in [-0.2, -0.15) is 0 Å². The molecule has 1 aromatic carbocycles. The van der Waals surface area contributed by atoms with E-state index < -0.39 is 11.6 Å². The highest BCUT2D eigenvalue weighted by Crippen LogP contribution is 2.13. The van der Waals surface area contributed by atoms with Crippen molar-refractivity contribution in [2.24, 2.45) is 0 Å². The molecule has 0 fully saturated rings. The fourth-order valence-electron chi connectivity index (χ4n) is 1.87. The van der Waals surface area contributed by atoms with Gasteiger partial charge in [0, 0.05) is 30.9 Å². The summed E-state index contributed by atoms with van der Waals surface area (Å²) in [7, 11) is 1.81. The largest absolute Gasteiger partial charge is 0.349 e. The lowest BCUT2D eigenvalue weighted by Gasteiger charge is -2.15. The Hall–Kier alpha value is -1.75. The molecule has 0 aliphatic heterocycles. The summed E-state index contributed by atoms with van der Waals surface area (Å²) < 4.78 is 26.3. The second kappa shape index (κ2) is 5.73. The van der Waals surface area contributed by atoms with Gasteiger partial charge in [0.05, 0.1) is 0 Å². The number of hydrogen-bond donors (Lipinski definition) is 2. The third-order valence-electron chi connectivity index (χ3n) is 2.88. The average molecular weight is 251 g/mol. The highest BCUT2D eigenvalue weighted by atomic mass is 19.1. The SMILES string of the molecule is CNC(Cc1ncc[nH]1)Cc1ccc(F)cc1F. The molecular weight excluding hydrogens is 236 g/mol. The number of aromatic amines is 1. The smallest absolute Gasteiger partial charge is 0.129 e. The summed E-state index contributed by atoms with van der Waals surface area (Å²) in [5.74, 6) is -0.213. The number of benzene rings is 1. The van der Waals surface area contributed by atoms with Gasteiger partial charge in [0.15, 0.2) is 0 Å². The van der Waals surface area contributed by atoms with Crippen molar-refractivity contribution in [3.63, 3.8) is 0 Å². The Labute approximate surface area is 104 Å². The van der Waals surface area contributed by atoms with Crippen LogP contribution >= 0.6 is 0 Å². The van der Waals surface area contributed by atoms with Crippen LogP contribution in [-0.4, -0.2) is 23.1 Å². The summed E-state index contributed by atoms with van der Waals surface area (Å²) in [6.45, 7) is 0. The predicted molar refractivity (Wildman–Crippen MR) is 65.2 cm³/mol. The van der Waals surface area contributed by atoms with Crippen LogP contribution in [0.5, 0.6) is 0 Å². The monoisotopic (exact) mass is 251 g/mol. The van der Waals surface area contributed by atoms with Crippen molar-refractivity contribution in [1.29, 1.82) is 0 Å². The number of aromatic nitrogens is 2. The van der Waals surface area contributed by atoms with Gasteiger partial charge in [-0.15, -0.1) is 0 Å². The number of H-pyrrole nitrogens is 1. The van der Waals surface area contributed by atoms with Gasteiger partial charge in [-0.05, 0) is 25.1 Å². The molecule has 1 unspecified atom stereocenters. The molecule has 1 aromatic heterocycles. The Kier molecular flexibility index (Phi) is 4.04. The van der Waals surface area contributed by atoms with Gasteiger partial charge in [0.25, 0.3) is 0 Å². The van der Waals surface area contributed by atoms with Crippen LogP contribution in [0.2, 0.25) is 0 Å². The van der Waals surface area contributed by atoms with Crippen molar-refractivity contribution in [2.75, 3.05) is 7.05 Å². The molecule has 96 valence electrons. The molecule has 0 aliphatic carbocycles. The molecular formula is C13H15F2N3. The zero-order chi connectivity index (χ0) is 13.0. The Morgan fingerprint density at radius 3 is 2.78 bits per heavy atom. The summed E-state index contributed by atoms with van der Waals surface area (Å²) in [6.07, 6.45) is 4.59. The Morgan fingerprint density at radius 1 is 1.33 bits per heavy atom. The molecule has 1 atom stereocenters. The van der Waals surface area contributed by atoms with Gasteiger partial charge in [-0.1, -0.05) is 6.07 Å². The zero-order valence-corrected chi connectivity index (χ0v) is 10.1. The van der Waals surface area contributed by atoms with Crippen LogP contribution in [0.25, 0.3) is 0 Å². The van der Waals surface area contributed by atoms with E-state index in [9.17, 15) is 8.78 Å². The lowest BCUT2D eigenvalue weighted by atomic mass is 10.0. The van der Waals surface area contributed by atoms with E-state index in [4.69, 9.17) is 0 Å². The van der Waals surface area contributed by atoms with Crippen molar-refractivity contribution in [1.82, 2.24) is 15.3 Å². The second-order valence-electron chi connectivity index (χ2n) is 4.17. The van der Waals surface area contributed by atoms with E-state index in [2.05, 4.69) is 15.3 Å². The minimum Gasteiger partial charge on any atom is -0.349 e. The second-order valence-corrected chi connectivity index (χ2v) is 4.17. The number of imidazole rings is 1. The average Bonchev–Trinajstić information content (AvgIpc) is 2.84. The first-order valence-electron chi connectivity index (χ1n) is 5.78. The molecule has 2 rings (SSSR count). The topological polar surface area (TPSA) is 40.7 Å². The van der Waals surface area contributed by atoms with E-state index >= 15 is 0 Å². The van der Waals surface area contributed by atoms with Gasteiger partial charge in [-0.3, -0.25) is 0 Å². The molecule has 0 radical (unpaired) electrons. The lowest BCUT2D eigenvalue weighted by Crippen LogP contribution is -2.30. The first-order chi connectivity index (χ1) is 8.69. The Bertz CT molecular complexity index is 497.